The Kier molecular flexibility index (Phi) is 2.68. The number of aliphatic hydroxyl groups excluding tert-OH is 1. The minimum Gasteiger partial charge on any atom is -0.374 e. The van der Waals surface area contributed by atoms with Crippen LogP contribution in [0.5, 0.6) is 0 Å². The van der Waals surface area contributed by atoms with Crippen LogP contribution in [-0.2, 0) is 19.6 Å². The first kappa shape index (κ1) is 10.1. The fourth-order valence-electron chi connectivity index (χ4n) is 1.86. The van der Waals surface area contributed by atoms with Gasteiger partial charge in [0.1, 0.15) is 12.2 Å². The number of hydrogen-bond acceptors (Lipinski definition) is 3. The molecule has 4 nitrogen and oxygen atoms in total. The van der Waals surface area contributed by atoms with Crippen molar-refractivity contribution in [1.29, 1.82) is 0 Å². The Hall–Kier alpha value is -1.42. The van der Waals surface area contributed by atoms with Gasteiger partial charge >= 0.3 is 0 Å². The van der Waals surface area contributed by atoms with Gasteiger partial charge in [-0.25, -0.2) is 4.68 Å². The molecule has 0 saturated heterocycles. The van der Waals surface area contributed by atoms with Gasteiger partial charge in [0.15, 0.2) is 0 Å². The van der Waals surface area contributed by atoms with E-state index in [1.165, 1.54) is 15.8 Å². The number of aliphatic hydroxyl groups is 1. The Morgan fingerprint density at radius 1 is 1.20 bits per heavy atom. The van der Waals surface area contributed by atoms with E-state index in [-0.39, 0.29) is 6.73 Å². The van der Waals surface area contributed by atoms with Gasteiger partial charge in [-0.15, -0.1) is 5.10 Å². The van der Waals surface area contributed by atoms with Crippen LogP contribution < -0.4 is 0 Å². The van der Waals surface area contributed by atoms with E-state index in [0.29, 0.717) is 0 Å². The first-order chi connectivity index (χ1) is 7.30. The summed E-state index contributed by atoms with van der Waals surface area (Å²) in [6.07, 6.45) is 2.00. The highest BCUT2D eigenvalue weighted by Gasteiger charge is 2.07. The molecule has 2 aromatic rings. The fourth-order valence-corrected chi connectivity index (χ4v) is 1.86. The van der Waals surface area contributed by atoms with Crippen LogP contribution in [0.3, 0.4) is 0 Å². The Morgan fingerprint density at radius 3 is 2.47 bits per heavy atom. The van der Waals surface area contributed by atoms with Crippen LogP contribution in [0.15, 0.2) is 12.1 Å². The standard InChI is InChI=1S/C11H15N3O/c1-3-8-5-10-11(6-9(8)4-2)14(7-15)13-12-10/h5-6,15H,3-4,7H2,1-2H3. The van der Waals surface area contributed by atoms with Gasteiger partial charge in [-0.2, -0.15) is 0 Å². The molecule has 0 spiro atoms. The summed E-state index contributed by atoms with van der Waals surface area (Å²) in [6, 6.07) is 4.14. The fraction of sp³-hybridized carbons (Fsp3) is 0.455. The smallest absolute Gasteiger partial charge is 0.138 e. The molecule has 80 valence electrons. The van der Waals surface area contributed by atoms with Crippen molar-refractivity contribution in [3.05, 3.63) is 23.3 Å². The summed E-state index contributed by atoms with van der Waals surface area (Å²) in [7, 11) is 0. The third-order valence-corrected chi connectivity index (χ3v) is 2.73. The third-order valence-electron chi connectivity index (χ3n) is 2.73. The maximum absolute atomic E-state index is 9.08. The Morgan fingerprint density at radius 2 is 1.87 bits per heavy atom. The molecule has 1 N–H and O–H groups in total. The molecule has 1 aromatic carbocycles. The number of fused-ring (bicyclic) bond motifs is 1. The van der Waals surface area contributed by atoms with Gasteiger partial charge in [-0.3, -0.25) is 0 Å². The molecule has 0 bridgehead atoms. The number of hydrogen-bond donors (Lipinski definition) is 1. The molecular weight excluding hydrogens is 190 g/mol. The summed E-state index contributed by atoms with van der Waals surface area (Å²) >= 11 is 0. The second kappa shape index (κ2) is 3.98. The third kappa shape index (κ3) is 1.61. The zero-order valence-corrected chi connectivity index (χ0v) is 9.06. The van der Waals surface area contributed by atoms with Crippen molar-refractivity contribution >= 4 is 11.0 Å². The van der Waals surface area contributed by atoms with Gasteiger partial charge in [0.25, 0.3) is 0 Å². The number of aryl methyl sites for hydroxylation is 2. The van der Waals surface area contributed by atoms with Gasteiger partial charge in [0.05, 0.1) is 5.52 Å². The van der Waals surface area contributed by atoms with Crippen LogP contribution in [0.2, 0.25) is 0 Å². The predicted molar refractivity (Wildman–Crippen MR) is 58.5 cm³/mol. The van der Waals surface area contributed by atoms with E-state index in [1.807, 2.05) is 0 Å². The summed E-state index contributed by atoms with van der Waals surface area (Å²) in [4.78, 5) is 0. The van der Waals surface area contributed by atoms with Crippen LogP contribution >= 0.6 is 0 Å². The maximum Gasteiger partial charge on any atom is 0.138 e. The minimum absolute atomic E-state index is 0.120. The maximum atomic E-state index is 9.08. The highest BCUT2D eigenvalue weighted by molar-refractivity contribution is 5.76. The summed E-state index contributed by atoms with van der Waals surface area (Å²) in [5.74, 6) is 0. The molecule has 0 unspecified atom stereocenters. The zero-order chi connectivity index (χ0) is 10.8. The van der Waals surface area contributed by atoms with Crippen molar-refractivity contribution in [2.75, 3.05) is 0 Å². The van der Waals surface area contributed by atoms with Gasteiger partial charge in [-0.05, 0) is 36.1 Å². The van der Waals surface area contributed by atoms with Crippen LogP contribution in [0.25, 0.3) is 11.0 Å². The second-order valence-corrected chi connectivity index (χ2v) is 3.55. The van der Waals surface area contributed by atoms with Crippen molar-refractivity contribution in [3.63, 3.8) is 0 Å². The van der Waals surface area contributed by atoms with E-state index >= 15 is 0 Å². The van der Waals surface area contributed by atoms with E-state index < -0.39 is 0 Å². The van der Waals surface area contributed by atoms with Crippen molar-refractivity contribution in [2.45, 2.75) is 33.4 Å². The number of benzene rings is 1. The van der Waals surface area contributed by atoms with Gasteiger partial charge in [0.2, 0.25) is 0 Å². The molecule has 4 heteroatoms. The lowest BCUT2D eigenvalue weighted by atomic mass is 10.0. The molecule has 1 heterocycles. The highest BCUT2D eigenvalue weighted by atomic mass is 16.3. The molecule has 0 saturated carbocycles. The Labute approximate surface area is 88.5 Å². The summed E-state index contributed by atoms with van der Waals surface area (Å²) in [6.45, 7) is 4.15. The van der Waals surface area contributed by atoms with Crippen molar-refractivity contribution < 1.29 is 5.11 Å². The number of nitrogens with zero attached hydrogens (tertiary/aromatic N) is 3. The Bertz CT molecular complexity index is 476. The quantitative estimate of drug-likeness (QED) is 0.826. The molecule has 0 fully saturated rings. The van der Waals surface area contributed by atoms with Crippen molar-refractivity contribution in [1.82, 2.24) is 15.0 Å². The summed E-state index contributed by atoms with van der Waals surface area (Å²) < 4.78 is 1.51. The van der Waals surface area contributed by atoms with Gasteiger partial charge in [0, 0.05) is 0 Å². The van der Waals surface area contributed by atoms with E-state index in [1.54, 1.807) is 0 Å². The second-order valence-electron chi connectivity index (χ2n) is 3.55. The predicted octanol–water partition coefficient (Wildman–Crippen LogP) is 1.51. The molecule has 1 aromatic heterocycles. The lowest BCUT2D eigenvalue weighted by Gasteiger charge is -2.05. The lowest BCUT2D eigenvalue weighted by molar-refractivity contribution is 0.197. The molecule has 15 heavy (non-hydrogen) atoms. The number of rotatable bonds is 3. The number of aromatic nitrogens is 3. The van der Waals surface area contributed by atoms with Crippen molar-refractivity contribution in [2.24, 2.45) is 0 Å². The molecule has 0 atom stereocenters. The Balaban J connectivity index is 2.66. The van der Waals surface area contributed by atoms with E-state index in [0.717, 1.165) is 23.9 Å². The monoisotopic (exact) mass is 205 g/mol. The van der Waals surface area contributed by atoms with Gasteiger partial charge < -0.3 is 5.11 Å². The largest absolute Gasteiger partial charge is 0.374 e. The van der Waals surface area contributed by atoms with E-state index in [2.05, 4.69) is 36.3 Å². The zero-order valence-electron chi connectivity index (χ0n) is 9.06. The summed E-state index contributed by atoms with van der Waals surface area (Å²) in [5.41, 5.74) is 4.39. The van der Waals surface area contributed by atoms with Gasteiger partial charge in [-0.1, -0.05) is 19.1 Å². The molecule has 2 rings (SSSR count). The van der Waals surface area contributed by atoms with E-state index in [9.17, 15) is 0 Å². The first-order valence-electron chi connectivity index (χ1n) is 5.26. The normalized spacial score (nSPS) is 11.1. The summed E-state index contributed by atoms with van der Waals surface area (Å²) in [5, 5.41) is 17.0. The lowest BCUT2D eigenvalue weighted by Crippen LogP contribution is -1.99. The average Bonchev–Trinajstić information content (AvgIpc) is 2.68. The minimum atomic E-state index is -0.120. The van der Waals surface area contributed by atoms with Crippen molar-refractivity contribution in [3.8, 4) is 0 Å². The van der Waals surface area contributed by atoms with Crippen LogP contribution in [0.1, 0.15) is 25.0 Å². The molecule has 0 radical (unpaired) electrons. The molecule has 0 aliphatic heterocycles. The van der Waals surface area contributed by atoms with Crippen LogP contribution in [-0.4, -0.2) is 20.1 Å². The average molecular weight is 205 g/mol. The first-order valence-corrected chi connectivity index (χ1v) is 5.26. The highest BCUT2D eigenvalue weighted by Crippen LogP contribution is 2.19. The molecule has 0 aliphatic carbocycles. The molecule has 0 amide bonds. The van der Waals surface area contributed by atoms with E-state index in [4.69, 9.17) is 5.11 Å². The topological polar surface area (TPSA) is 50.9 Å². The van der Waals surface area contributed by atoms with Crippen LogP contribution in [0.4, 0.5) is 0 Å². The molecular formula is C11H15N3O. The molecule has 0 aliphatic rings. The van der Waals surface area contributed by atoms with Crippen LogP contribution in [0, 0.1) is 0 Å². The SMILES string of the molecule is CCc1cc2nnn(CO)c2cc1CC.